The molecule has 1 unspecified atom stereocenters. The Morgan fingerprint density at radius 3 is 2.40 bits per heavy atom. The first kappa shape index (κ1) is 16.9. The average Bonchev–Trinajstić information content (AvgIpc) is 2.33. The van der Waals surface area contributed by atoms with E-state index in [1.165, 1.54) is 6.20 Å². The number of anilines is 1. The monoisotopic (exact) mass is 281 g/mol. The molecule has 0 radical (unpaired) electrons. The van der Waals surface area contributed by atoms with Crippen LogP contribution in [0.4, 0.5) is 10.2 Å². The summed E-state index contributed by atoms with van der Waals surface area (Å²) in [6.45, 7) is 13.5. The Morgan fingerprint density at radius 1 is 1.30 bits per heavy atom. The van der Waals surface area contributed by atoms with Crippen molar-refractivity contribution in [2.24, 2.45) is 5.41 Å². The Bertz CT molecular complexity index is 438. The lowest BCUT2D eigenvalue weighted by molar-refractivity contribution is 0.328. The van der Waals surface area contributed by atoms with E-state index in [-0.39, 0.29) is 11.2 Å². The smallest absolute Gasteiger partial charge is 0.141 e. The molecule has 20 heavy (non-hydrogen) atoms. The predicted octanol–water partition coefficient (Wildman–Crippen LogP) is 3.59. The van der Waals surface area contributed by atoms with E-state index in [9.17, 15) is 4.39 Å². The molecule has 0 bridgehead atoms. The van der Waals surface area contributed by atoms with Crippen molar-refractivity contribution in [2.45, 2.75) is 60.2 Å². The molecule has 0 spiro atoms. The lowest BCUT2D eigenvalue weighted by atomic mass is 9.87. The second-order valence-corrected chi connectivity index (χ2v) is 6.82. The normalized spacial score (nSPS) is 13.7. The van der Waals surface area contributed by atoms with Crippen LogP contribution in [0.2, 0.25) is 0 Å². The minimum absolute atomic E-state index is 0.133. The van der Waals surface area contributed by atoms with E-state index in [1.807, 2.05) is 7.05 Å². The highest BCUT2D eigenvalue weighted by molar-refractivity contribution is 5.47. The number of hydrogen-bond donors (Lipinski definition) is 1. The molecule has 1 atom stereocenters. The molecule has 0 aliphatic rings. The maximum absolute atomic E-state index is 13.5. The van der Waals surface area contributed by atoms with Crippen LogP contribution in [0.3, 0.4) is 0 Å². The molecule has 1 aromatic rings. The Hall–Kier alpha value is -1.16. The molecule has 0 amide bonds. The number of rotatable bonds is 5. The van der Waals surface area contributed by atoms with Gasteiger partial charge in [-0.05, 0) is 18.4 Å². The van der Waals surface area contributed by atoms with Crippen molar-refractivity contribution in [3.8, 4) is 0 Å². The van der Waals surface area contributed by atoms with Gasteiger partial charge >= 0.3 is 0 Å². The molecule has 0 saturated heterocycles. The van der Waals surface area contributed by atoms with Crippen LogP contribution in [-0.4, -0.2) is 24.1 Å². The number of hydrogen-bond acceptors (Lipinski definition) is 3. The van der Waals surface area contributed by atoms with Gasteiger partial charge in [-0.15, -0.1) is 0 Å². The fourth-order valence-corrected chi connectivity index (χ4v) is 2.00. The summed E-state index contributed by atoms with van der Waals surface area (Å²) in [5, 5.41) is 3.33. The van der Waals surface area contributed by atoms with E-state index >= 15 is 0 Å². The van der Waals surface area contributed by atoms with Crippen LogP contribution >= 0.6 is 0 Å². The minimum Gasteiger partial charge on any atom is -0.356 e. The van der Waals surface area contributed by atoms with E-state index in [0.29, 0.717) is 18.6 Å². The van der Waals surface area contributed by atoms with Crippen LogP contribution in [0.1, 0.15) is 47.1 Å². The molecular weight excluding hydrogens is 253 g/mol. The van der Waals surface area contributed by atoms with Crippen molar-refractivity contribution in [3.63, 3.8) is 0 Å². The fraction of sp³-hybridized carbons (Fsp3) is 0.688. The summed E-state index contributed by atoms with van der Waals surface area (Å²) >= 11 is 0. The summed E-state index contributed by atoms with van der Waals surface area (Å²) in [5.41, 5.74) is 1.03. The summed E-state index contributed by atoms with van der Waals surface area (Å²) in [6.07, 6.45) is 1.29. The Balaban J connectivity index is 3.04. The third kappa shape index (κ3) is 4.44. The molecule has 0 saturated carbocycles. The molecule has 0 aliphatic carbocycles. The first-order chi connectivity index (χ1) is 9.12. The van der Waals surface area contributed by atoms with E-state index < -0.39 is 0 Å². The highest BCUT2D eigenvalue weighted by Crippen LogP contribution is 2.28. The summed E-state index contributed by atoms with van der Waals surface area (Å²) in [5.74, 6) is 0.563. The topological polar surface area (TPSA) is 28.2 Å². The van der Waals surface area contributed by atoms with Crippen molar-refractivity contribution in [3.05, 3.63) is 23.6 Å². The van der Waals surface area contributed by atoms with Crippen LogP contribution in [0, 0.1) is 11.2 Å². The summed E-state index contributed by atoms with van der Waals surface area (Å²) in [6, 6.07) is 2.23. The molecular formula is C16H28FN3. The maximum Gasteiger partial charge on any atom is 0.141 e. The zero-order valence-electron chi connectivity index (χ0n) is 13.8. The van der Waals surface area contributed by atoms with E-state index in [1.54, 1.807) is 6.07 Å². The second-order valence-electron chi connectivity index (χ2n) is 6.82. The van der Waals surface area contributed by atoms with Crippen molar-refractivity contribution < 1.29 is 4.39 Å². The van der Waals surface area contributed by atoms with Gasteiger partial charge in [-0.3, -0.25) is 0 Å². The first-order valence-electron chi connectivity index (χ1n) is 7.23. The Labute approximate surface area is 122 Å². The number of nitrogens with one attached hydrogen (secondary N) is 1. The van der Waals surface area contributed by atoms with Gasteiger partial charge < -0.3 is 10.2 Å². The van der Waals surface area contributed by atoms with Gasteiger partial charge in [0.25, 0.3) is 0 Å². The highest BCUT2D eigenvalue weighted by atomic mass is 19.1. The molecule has 114 valence electrons. The van der Waals surface area contributed by atoms with Gasteiger partial charge in [-0.2, -0.15) is 0 Å². The molecule has 3 nitrogen and oxygen atoms in total. The molecule has 4 heteroatoms. The van der Waals surface area contributed by atoms with Crippen LogP contribution < -0.4 is 10.2 Å². The van der Waals surface area contributed by atoms with Crippen LogP contribution in [0.15, 0.2) is 12.3 Å². The van der Waals surface area contributed by atoms with Crippen LogP contribution in [0.25, 0.3) is 0 Å². The Morgan fingerprint density at radius 2 is 1.90 bits per heavy atom. The lowest BCUT2D eigenvalue weighted by Crippen LogP contribution is -2.40. The zero-order chi connectivity index (χ0) is 15.5. The number of aromatic nitrogens is 1. The third-order valence-corrected chi connectivity index (χ3v) is 3.78. The van der Waals surface area contributed by atoms with Gasteiger partial charge in [-0.25, -0.2) is 9.37 Å². The Kier molecular flexibility index (Phi) is 5.51. The van der Waals surface area contributed by atoms with Gasteiger partial charge in [0, 0.05) is 31.2 Å². The standard InChI is InChI=1S/C16H28FN3/c1-11(2)18-9-13-8-14(17)10-19-15(13)20(7)12(3)16(4,5)6/h8,10-12,18H,9H2,1-7H3. The number of halogens is 1. The number of nitrogens with zero attached hydrogens (tertiary/aromatic N) is 2. The lowest BCUT2D eigenvalue weighted by Gasteiger charge is -2.37. The van der Waals surface area contributed by atoms with E-state index in [0.717, 1.165) is 11.4 Å². The zero-order valence-corrected chi connectivity index (χ0v) is 13.8. The summed E-state index contributed by atoms with van der Waals surface area (Å²) in [4.78, 5) is 6.44. The molecule has 1 rings (SSSR count). The molecule has 0 aromatic carbocycles. The van der Waals surface area contributed by atoms with E-state index in [2.05, 4.69) is 56.7 Å². The third-order valence-electron chi connectivity index (χ3n) is 3.78. The molecule has 0 fully saturated rings. The first-order valence-corrected chi connectivity index (χ1v) is 7.23. The van der Waals surface area contributed by atoms with Crippen molar-refractivity contribution in [2.75, 3.05) is 11.9 Å². The van der Waals surface area contributed by atoms with Gasteiger partial charge in [0.1, 0.15) is 11.6 Å². The average molecular weight is 281 g/mol. The predicted molar refractivity (Wildman–Crippen MR) is 83.5 cm³/mol. The van der Waals surface area contributed by atoms with Gasteiger partial charge in [0.15, 0.2) is 0 Å². The molecule has 1 N–H and O–H groups in total. The van der Waals surface area contributed by atoms with Crippen molar-refractivity contribution in [1.82, 2.24) is 10.3 Å². The van der Waals surface area contributed by atoms with Gasteiger partial charge in [0.2, 0.25) is 0 Å². The summed E-state index contributed by atoms with van der Waals surface area (Å²) < 4.78 is 13.5. The van der Waals surface area contributed by atoms with Gasteiger partial charge in [0.05, 0.1) is 6.20 Å². The SMILES string of the molecule is CC(C)NCc1cc(F)cnc1N(C)C(C)C(C)(C)C. The number of pyridine rings is 1. The van der Waals surface area contributed by atoms with Gasteiger partial charge in [-0.1, -0.05) is 34.6 Å². The van der Waals surface area contributed by atoms with Crippen LogP contribution in [-0.2, 0) is 6.54 Å². The highest BCUT2D eigenvalue weighted by Gasteiger charge is 2.26. The molecule has 1 aromatic heterocycles. The van der Waals surface area contributed by atoms with E-state index in [4.69, 9.17) is 0 Å². The second kappa shape index (κ2) is 6.53. The maximum atomic E-state index is 13.5. The quantitative estimate of drug-likeness (QED) is 0.894. The van der Waals surface area contributed by atoms with Crippen molar-refractivity contribution >= 4 is 5.82 Å². The van der Waals surface area contributed by atoms with Crippen LogP contribution in [0.5, 0.6) is 0 Å². The minimum atomic E-state index is -0.286. The molecule has 1 heterocycles. The molecule has 0 aliphatic heterocycles. The largest absolute Gasteiger partial charge is 0.356 e. The van der Waals surface area contributed by atoms with Crippen molar-refractivity contribution in [1.29, 1.82) is 0 Å². The fourth-order valence-electron chi connectivity index (χ4n) is 2.00. The summed E-state index contributed by atoms with van der Waals surface area (Å²) in [7, 11) is 2.02.